The molecule has 2 aromatic rings. The molecule has 0 saturated heterocycles. The van der Waals surface area contributed by atoms with Crippen molar-refractivity contribution >= 4 is 38.9 Å². The summed E-state index contributed by atoms with van der Waals surface area (Å²) in [4.78, 5) is 16.5. The molecule has 0 bridgehead atoms. The maximum Gasteiger partial charge on any atom is 0.230 e. The molecule has 1 heterocycles. The van der Waals surface area contributed by atoms with Crippen LogP contribution >= 0.6 is 27.3 Å². The second-order valence-corrected chi connectivity index (χ2v) is 6.76. The van der Waals surface area contributed by atoms with Crippen molar-refractivity contribution in [3.05, 3.63) is 44.3 Å². The van der Waals surface area contributed by atoms with Crippen LogP contribution in [0.5, 0.6) is 0 Å². The minimum absolute atomic E-state index is 0.0404. The number of hydrogen-bond acceptors (Lipinski definition) is 3. The number of aryl methyl sites for hydroxylation is 1. The standard InChI is InChI=1S/C15H17BrN2OS/c1-9(2)15-18-12(8-20-15)7-14(19)17-11-5-4-10(3)13(16)6-11/h4-6,8-9H,7H2,1-3H3,(H,17,19). The fraction of sp³-hybridized carbons (Fsp3) is 0.333. The van der Waals surface area contributed by atoms with Crippen molar-refractivity contribution in [2.24, 2.45) is 0 Å². The Balaban J connectivity index is 1.99. The summed E-state index contributed by atoms with van der Waals surface area (Å²) in [6.45, 7) is 6.22. The molecule has 2 rings (SSSR count). The van der Waals surface area contributed by atoms with E-state index in [0.717, 1.165) is 26.4 Å². The molecule has 0 saturated carbocycles. The van der Waals surface area contributed by atoms with E-state index >= 15 is 0 Å². The fourth-order valence-corrected chi connectivity index (χ4v) is 2.92. The Hall–Kier alpha value is -1.20. The second-order valence-electron chi connectivity index (χ2n) is 5.02. The number of aromatic nitrogens is 1. The lowest BCUT2D eigenvalue weighted by Crippen LogP contribution is -2.14. The third-order valence-corrected chi connectivity index (χ3v) is 4.91. The first-order valence-electron chi connectivity index (χ1n) is 6.46. The maximum absolute atomic E-state index is 12.0. The third-order valence-electron chi connectivity index (χ3n) is 2.86. The minimum atomic E-state index is -0.0404. The van der Waals surface area contributed by atoms with E-state index in [0.29, 0.717) is 12.3 Å². The normalized spacial score (nSPS) is 10.8. The van der Waals surface area contributed by atoms with Gasteiger partial charge in [-0.25, -0.2) is 4.98 Å². The van der Waals surface area contributed by atoms with Crippen LogP contribution in [-0.2, 0) is 11.2 Å². The number of nitrogens with one attached hydrogen (secondary N) is 1. The zero-order valence-corrected chi connectivity index (χ0v) is 14.1. The van der Waals surface area contributed by atoms with E-state index in [1.165, 1.54) is 0 Å². The van der Waals surface area contributed by atoms with Gasteiger partial charge in [0, 0.05) is 21.5 Å². The summed E-state index contributed by atoms with van der Waals surface area (Å²) < 4.78 is 0.992. The summed E-state index contributed by atoms with van der Waals surface area (Å²) in [5.41, 5.74) is 2.78. The third kappa shape index (κ3) is 3.90. The van der Waals surface area contributed by atoms with E-state index in [4.69, 9.17) is 0 Å². The predicted octanol–water partition coefficient (Wildman–Crippen LogP) is 4.52. The smallest absolute Gasteiger partial charge is 0.230 e. The number of carbonyl (C=O) groups excluding carboxylic acids is 1. The Morgan fingerprint density at radius 3 is 2.80 bits per heavy atom. The average Bonchev–Trinajstić information content (AvgIpc) is 2.82. The van der Waals surface area contributed by atoms with Crippen molar-refractivity contribution in [2.75, 3.05) is 5.32 Å². The lowest BCUT2D eigenvalue weighted by Gasteiger charge is -2.06. The van der Waals surface area contributed by atoms with Gasteiger partial charge >= 0.3 is 0 Å². The van der Waals surface area contributed by atoms with Crippen molar-refractivity contribution < 1.29 is 4.79 Å². The van der Waals surface area contributed by atoms with Crippen LogP contribution in [0.15, 0.2) is 28.1 Å². The van der Waals surface area contributed by atoms with Crippen LogP contribution in [0.25, 0.3) is 0 Å². The van der Waals surface area contributed by atoms with Gasteiger partial charge in [0.1, 0.15) is 0 Å². The Bertz CT molecular complexity index is 622. The average molecular weight is 353 g/mol. The van der Waals surface area contributed by atoms with E-state index in [1.54, 1.807) is 11.3 Å². The van der Waals surface area contributed by atoms with E-state index in [2.05, 4.69) is 40.1 Å². The summed E-state index contributed by atoms with van der Waals surface area (Å²) in [5, 5.41) is 5.93. The van der Waals surface area contributed by atoms with Crippen LogP contribution in [0.4, 0.5) is 5.69 Å². The molecule has 1 amide bonds. The largest absolute Gasteiger partial charge is 0.326 e. The highest BCUT2D eigenvalue weighted by Gasteiger charge is 2.10. The summed E-state index contributed by atoms with van der Waals surface area (Å²) in [7, 11) is 0. The molecular weight excluding hydrogens is 336 g/mol. The molecule has 1 aromatic heterocycles. The highest BCUT2D eigenvalue weighted by atomic mass is 79.9. The van der Waals surface area contributed by atoms with Gasteiger partial charge in [-0.3, -0.25) is 4.79 Å². The number of carbonyl (C=O) groups is 1. The number of hydrogen-bond donors (Lipinski definition) is 1. The first-order chi connectivity index (χ1) is 9.45. The van der Waals surface area contributed by atoms with Crippen LogP contribution in [0.1, 0.15) is 36.0 Å². The number of rotatable bonds is 4. The molecule has 0 spiro atoms. The molecule has 0 unspecified atom stereocenters. The molecule has 0 aliphatic carbocycles. The zero-order chi connectivity index (χ0) is 14.7. The van der Waals surface area contributed by atoms with E-state index in [9.17, 15) is 4.79 Å². The van der Waals surface area contributed by atoms with E-state index in [1.807, 2.05) is 30.5 Å². The quantitative estimate of drug-likeness (QED) is 0.878. The summed E-state index contributed by atoms with van der Waals surface area (Å²) in [5.74, 6) is 0.367. The molecule has 0 atom stereocenters. The molecule has 1 aromatic carbocycles. The molecule has 1 N–H and O–H groups in total. The van der Waals surface area contributed by atoms with Crippen LogP contribution < -0.4 is 5.32 Å². The van der Waals surface area contributed by atoms with Crippen molar-refractivity contribution in [3.8, 4) is 0 Å². The number of halogens is 1. The predicted molar refractivity (Wildman–Crippen MR) is 87.4 cm³/mol. The Kier molecular flexibility index (Phi) is 4.94. The number of benzene rings is 1. The number of nitrogens with zero attached hydrogens (tertiary/aromatic N) is 1. The van der Waals surface area contributed by atoms with Gasteiger partial charge in [-0.15, -0.1) is 11.3 Å². The topological polar surface area (TPSA) is 42.0 Å². The molecular formula is C15H17BrN2OS. The molecule has 0 aliphatic heterocycles. The summed E-state index contributed by atoms with van der Waals surface area (Å²) in [6.07, 6.45) is 0.314. The second kappa shape index (κ2) is 6.50. The lowest BCUT2D eigenvalue weighted by molar-refractivity contribution is -0.115. The molecule has 20 heavy (non-hydrogen) atoms. The SMILES string of the molecule is Cc1ccc(NC(=O)Cc2csc(C(C)C)n2)cc1Br. The molecule has 5 heteroatoms. The van der Waals surface area contributed by atoms with Crippen LogP contribution in [0.2, 0.25) is 0 Å². The van der Waals surface area contributed by atoms with Gasteiger partial charge in [0.2, 0.25) is 5.91 Å². The van der Waals surface area contributed by atoms with Crippen molar-refractivity contribution in [1.29, 1.82) is 0 Å². The molecule has 106 valence electrons. The van der Waals surface area contributed by atoms with E-state index in [-0.39, 0.29) is 5.91 Å². The van der Waals surface area contributed by atoms with Gasteiger partial charge in [0.05, 0.1) is 17.1 Å². The monoisotopic (exact) mass is 352 g/mol. The van der Waals surface area contributed by atoms with Gasteiger partial charge in [-0.2, -0.15) is 0 Å². The zero-order valence-electron chi connectivity index (χ0n) is 11.7. The van der Waals surface area contributed by atoms with Crippen LogP contribution in [-0.4, -0.2) is 10.9 Å². The molecule has 3 nitrogen and oxygen atoms in total. The maximum atomic E-state index is 12.0. The van der Waals surface area contributed by atoms with E-state index < -0.39 is 0 Å². The van der Waals surface area contributed by atoms with Gasteiger partial charge < -0.3 is 5.32 Å². The fourth-order valence-electron chi connectivity index (χ4n) is 1.71. The number of amides is 1. The van der Waals surface area contributed by atoms with Gasteiger partial charge in [-0.05, 0) is 24.6 Å². The molecule has 0 radical (unpaired) electrons. The molecule has 0 fully saturated rings. The Labute approximate surface area is 131 Å². The summed E-state index contributed by atoms with van der Waals surface area (Å²) in [6, 6.07) is 5.78. The van der Waals surface area contributed by atoms with Crippen LogP contribution in [0, 0.1) is 6.92 Å². The Morgan fingerprint density at radius 1 is 1.45 bits per heavy atom. The first-order valence-corrected chi connectivity index (χ1v) is 8.13. The van der Waals surface area contributed by atoms with Gasteiger partial charge in [0.15, 0.2) is 0 Å². The lowest BCUT2D eigenvalue weighted by atomic mass is 10.2. The highest BCUT2D eigenvalue weighted by Crippen LogP contribution is 2.22. The Morgan fingerprint density at radius 2 is 2.20 bits per heavy atom. The van der Waals surface area contributed by atoms with Crippen molar-refractivity contribution in [3.63, 3.8) is 0 Å². The van der Waals surface area contributed by atoms with Crippen LogP contribution in [0.3, 0.4) is 0 Å². The first kappa shape index (κ1) is 15.2. The van der Waals surface area contributed by atoms with Gasteiger partial charge in [0.25, 0.3) is 0 Å². The van der Waals surface area contributed by atoms with Gasteiger partial charge in [-0.1, -0.05) is 35.8 Å². The van der Waals surface area contributed by atoms with Crippen molar-refractivity contribution in [1.82, 2.24) is 4.98 Å². The van der Waals surface area contributed by atoms with Crippen molar-refractivity contribution in [2.45, 2.75) is 33.1 Å². The number of thiazole rings is 1. The number of anilines is 1. The minimum Gasteiger partial charge on any atom is -0.326 e. The highest BCUT2D eigenvalue weighted by molar-refractivity contribution is 9.10. The summed E-state index contributed by atoms with van der Waals surface area (Å²) >= 11 is 5.07. The molecule has 0 aliphatic rings.